The van der Waals surface area contributed by atoms with Crippen molar-refractivity contribution in [2.75, 3.05) is 0 Å². The van der Waals surface area contributed by atoms with Gasteiger partial charge >= 0.3 is 5.97 Å². The molecule has 1 aromatic carbocycles. The molecule has 3 fully saturated rings. The van der Waals surface area contributed by atoms with Crippen LogP contribution in [0.1, 0.15) is 16.8 Å². The van der Waals surface area contributed by atoms with Gasteiger partial charge in [0.15, 0.2) is 0 Å². The highest BCUT2D eigenvalue weighted by Gasteiger charge is 2.70. The van der Waals surface area contributed by atoms with Gasteiger partial charge in [-0.05, 0) is 86.3 Å². The van der Waals surface area contributed by atoms with Crippen LogP contribution in [-0.2, 0) is 23.8 Å². The average molecular weight is 715 g/mol. The van der Waals surface area contributed by atoms with E-state index in [2.05, 4.69) is 45.2 Å². The second-order valence-electron chi connectivity index (χ2n) is 6.55. The molecular weight excluding hydrogens is 705 g/mol. The van der Waals surface area contributed by atoms with Gasteiger partial charge in [-0.2, -0.15) is 8.42 Å². The van der Waals surface area contributed by atoms with Crippen LogP contribution in [0.3, 0.4) is 0 Å². The Balaban J connectivity index is 1.66. The summed E-state index contributed by atoms with van der Waals surface area (Å²) in [6.07, 6.45) is -1.38. The number of aliphatic carboxylic acids is 1. The molecule has 2 aliphatic carbocycles. The standard InChI is InChI=1S/C15H11I3O7S/c16-4-1-6(10(18)8(17)2-4)15(21)24-11-5-3-7-12(11)25-26(22,23)13(7)9(5)14(19)20/h1-2,5,7,9,11-13H,3H2,(H,19,20)/p-1. The fourth-order valence-electron chi connectivity index (χ4n) is 4.35. The van der Waals surface area contributed by atoms with E-state index >= 15 is 0 Å². The van der Waals surface area contributed by atoms with E-state index in [1.165, 1.54) is 0 Å². The summed E-state index contributed by atoms with van der Waals surface area (Å²) in [5.41, 5.74) is 0.368. The van der Waals surface area contributed by atoms with E-state index in [0.717, 1.165) is 10.7 Å². The summed E-state index contributed by atoms with van der Waals surface area (Å²) in [4.78, 5) is 24.3. The molecule has 1 saturated heterocycles. The second kappa shape index (κ2) is 6.66. The highest BCUT2D eigenvalue weighted by molar-refractivity contribution is 14.1. The van der Waals surface area contributed by atoms with Crippen LogP contribution in [0.2, 0.25) is 0 Å². The van der Waals surface area contributed by atoms with E-state index in [0.29, 0.717) is 12.0 Å². The summed E-state index contributed by atoms with van der Waals surface area (Å²) in [7, 11) is -4.00. The molecule has 0 N–H and O–H groups in total. The Bertz CT molecular complexity index is 931. The zero-order valence-corrected chi connectivity index (χ0v) is 20.0. The van der Waals surface area contributed by atoms with Crippen LogP contribution in [-0.4, -0.2) is 37.8 Å². The smallest absolute Gasteiger partial charge is 0.339 e. The summed E-state index contributed by atoms with van der Waals surface area (Å²) in [5.74, 6) is -4.34. The van der Waals surface area contributed by atoms with Crippen molar-refractivity contribution < 1.29 is 32.0 Å². The van der Waals surface area contributed by atoms with Crippen molar-refractivity contribution in [1.82, 2.24) is 0 Å². The van der Waals surface area contributed by atoms with Gasteiger partial charge in [0.2, 0.25) is 0 Å². The molecule has 0 radical (unpaired) electrons. The first-order valence-corrected chi connectivity index (χ1v) is 12.3. The Hall–Kier alpha value is 0.260. The van der Waals surface area contributed by atoms with Crippen molar-refractivity contribution in [3.05, 3.63) is 28.4 Å². The van der Waals surface area contributed by atoms with Gasteiger partial charge in [-0.3, -0.25) is 4.18 Å². The lowest BCUT2D eigenvalue weighted by atomic mass is 9.84. The number of carbonyl (C=O) groups is 2. The van der Waals surface area contributed by atoms with Crippen LogP contribution in [0, 0.1) is 28.5 Å². The molecule has 6 atom stereocenters. The van der Waals surface area contributed by atoms with E-state index in [9.17, 15) is 23.1 Å². The van der Waals surface area contributed by atoms with Gasteiger partial charge in [0.25, 0.3) is 10.1 Å². The quantitative estimate of drug-likeness (QED) is 0.200. The normalized spacial score (nSPS) is 36.3. The SMILES string of the molecule is O=C(OC1C2CC3C1OS(=O)(=O)C3C2C(=O)[O-])c1cc(I)cc(I)c1I. The first-order chi connectivity index (χ1) is 12.1. The lowest BCUT2D eigenvalue weighted by Gasteiger charge is -2.31. The Morgan fingerprint density at radius 1 is 1.19 bits per heavy atom. The first-order valence-electron chi connectivity index (χ1n) is 7.60. The molecule has 0 spiro atoms. The van der Waals surface area contributed by atoms with Gasteiger partial charge in [-0.1, -0.05) is 0 Å². The molecule has 1 aromatic rings. The molecule has 3 aliphatic rings. The van der Waals surface area contributed by atoms with Crippen LogP contribution in [0.4, 0.5) is 0 Å². The third kappa shape index (κ3) is 2.90. The van der Waals surface area contributed by atoms with Gasteiger partial charge in [0.1, 0.15) is 17.5 Å². The van der Waals surface area contributed by atoms with E-state index in [1.54, 1.807) is 6.07 Å². The maximum atomic E-state index is 12.7. The molecule has 4 rings (SSSR count). The third-order valence-corrected chi connectivity index (χ3v) is 10.7. The molecule has 2 saturated carbocycles. The summed E-state index contributed by atoms with van der Waals surface area (Å²) in [5, 5.41) is 10.4. The fraction of sp³-hybridized carbons (Fsp3) is 0.467. The summed E-state index contributed by atoms with van der Waals surface area (Å²) < 4.78 is 37.6. The Kier molecular flexibility index (Phi) is 5.01. The fourth-order valence-corrected chi connectivity index (χ4v) is 8.78. The van der Waals surface area contributed by atoms with Crippen LogP contribution >= 0.6 is 67.8 Å². The van der Waals surface area contributed by atoms with Crippen LogP contribution in [0.5, 0.6) is 0 Å². The predicted molar refractivity (Wildman–Crippen MR) is 111 cm³/mol. The Morgan fingerprint density at radius 3 is 2.54 bits per heavy atom. The largest absolute Gasteiger partial charge is 0.550 e. The first kappa shape index (κ1) is 19.6. The number of halogens is 3. The maximum absolute atomic E-state index is 12.7. The summed E-state index contributed by atoms with van der Waals surface area (Å²) in [6.45, 7) is 0. The van der Waals surface area contributed by atoms with Crippen molar-refractivity contribution in [3.8, 4) is 0 Å². The third-order valence-electron chi connectivity index (χ3n) is 5.26. The Morgan fingerprint density at radius 2 is 1.88 bits per heavy atom. The molecule has 7 nitrogen and oxygen atoms in total. The second-order valence-corrected chi connectivity index (χ2v) is 11.8. The number of esters is 1. The molecule has 1 aliphatic heterocycles. The van der Waals surface area contributed by atoms with Gasteiger partial charge < -0.3 is 14.6 Å². The molecule has 140 valence electrons. The molecule has 6 unspecified atom stereocenters. The zero-order valence-electron chi connectivity index (χ0n) is 12.7. The molecule has 11 heteroatoms. The summed E-state index contributed by atoms with van der Waals surface area (Å²) >= 11 is 6.26. The highest BCUT2D eigenvalue weighted by Crippen LogP contribution is 2.58. The van der Waals surface area contributed by atoms with Crippen LogP contribution < -0.4 is 5.11 Å². The number of hydrogen-bond acceptors (Lipinski definition) is 7. The molecule has 2 bridgehead atoms. The number of carboxylic acids is 1. The van der Waals surface area contributed by atoms with Crippen molar-refractivity contribution in [1.29, 1.82) is 0 Å². The van der Waals surface area contributed by atoms with Crippen LogP contribution in [0.25, 0.3) is 0 Å². The minimum absolute atomic E-state index is 0.339. The van der Waals surface area contributed by atoms with E-state index < -0.39 is 57.3 Å². The van der Waals surface area contributed by atoms with Gasteiger partial charge in [-0.15, -0.1) is 0 Å². The number of carbonyl (C=O) groups excluding carboxylic acids is 2. The van der Waals surface area contributed by atoms with E-state index in [-0.39, 0.29) is 0 Å². The van der Waals surface area contributed by atoms with E-state index in [1.807, 2.05) is 28.7 Å². The maximum Gasteiger partial charge on any atom is 0.339 e. The number of fused-ring (bicyclic) bond motifs is 1. The highest BCUT2D eigenvalue weighted by atomic mass is 127. The topological polar surface area (TPSA) is 110 Å². The van der Waals surface area contributed by atoms with Crippen molar-refractivity contribution in [3.63, 3.8) is 0 Å². The lowest BCUT2D eigenvalue weighted by Crippen LogP contribution is -2.49. The number of carboxylic acid groups (broad SMARTS) is 1. The number of benzene rings is 1. The Labute approximate surface area is 190 Å². The molecule has 26 heavy (non-hydrogen) atoms. The van der Waals surface area contributed by atoms with E-state index in [4.69, 9.17) is 8.92 Å². The van der Waals surface area contributed by atoms with Gasteiger partial charge in [-0.25, -0.2) is 4.79 Å². The minimum Gasteiger partial charge on any atom is -0.550 e. The molecular formula is C15H10I3O7S-. The monoisotopic (exact) mass is 715 g/mol. The summed E-state index contributed by atoms with van der Waals surface area (Å²) in [6, 6.07) is 3.60. The van der Waals surface area contributed by atoms with Gasteiger partial charge in [0, 0.05) is 34.4 Å². The van der Waals surface area contributed by atoms with Gasteiger partial charge in [0.05, 0.1) is 5.56 Å². The number of rotatable bonds is 3. The average Bonchev–Trinajstić information content (AvgIpc) is 3.13. The van der Waals surface area contributed by atoms with Crippen molar-refractivity contribution in [2.45, 2.75) is 23.9 Å². The zero-order chi connectivity index (χ0) is 19.0. The molecule has 1 heterocycles. The number of hydrogen-bond donors (Lipinski definition) is 0. The van der Waals surface area contributed by atoms with Crippen molar-refractivity contribution in [2.24, 2.45) is 17.8 Å². The predicted octanol–water partition coefficient (Wildman–Crippen LogP) is 1.14. The van der Waals surface area contributed by atoms with Crippen LogP contribution in [0.15, 0.2) is 12.1 Å². The van der Waals surface area contributed by atoms with Crippen molar-refractivity contribution >= 4 is 89.8 Å². The minimum atomic E-state index is -4.00. The lowest BCUT2D eigenvalue weighted by molar-refractivity contribution is -0.313. The molecule has 0 aromatic heterocycles. The molecule has 0 amide bonds. The number of ether oxygens (including phenoxy) is 1.